The van der Waals surface area contributed by atoms with Crippen molar-refractivity contribution >= 4 is 51.2 Å². The molecule has 128 valence electrons. The molecule has 1 fully saturated rings. The van der Waals surface area contributed by atoms with E-state index in [1.165, 1.54) is 4.90 Å². The maximum Gasteiger partial charge on any atom is 0.265 e. The predicted molar refractivity (Wildman–Crippen MR) is 104 cm³/mol. The zero-order chi connectivity index (χ0) is 18.3. The molecule has 0 aliphatic carbocycles. The number of aryl methyl sites for hydroxylation is 1. The van der Waals surface area contributed by atoms with Crippen LogP contribution in [0, 0.1) is 13.8 Å². The van der Waals surface area contributed by atoms with Crippen molar-refractivity contribution in [2.75, 3.05) is 7.05 Å². The number of nitrogens with one attached hydrogen (secondary N) is 1. The lowest BCUT2D eigenvalue weighted by molar-refractivity contribution is -0.128. The quantitative estimate of drug-likeness (QED) is 0.463. The summed E-state index contributed by atoms with van der Waals surface area (Å²) in [5.41, 5.74) is 3.83. The van der Waals surface area contributed by atoms with Gasteiger partial charge in [-0.1, -0.05) is 12.1 Å². The van der Waals surface area contributed by atoms with Crippen molar-refractivity contribution in [1.29, 1.82) is 0 Å². The predicted octanol–water partition coefficient (Wildman–Crippen LogP) is 3.11. The molecule has 0 atom stereocenters. The summed E-state index contributed by atoms with van der Waals surface area (Å²) in [4.78, 5) is 25.8. The highest BCUT2D eigenvalue weighted by Crippen LogP contribution is 2.28. The number of likely N-dealkylation sites (N-methyl/N-ethyl adjacent to an activating group) is 1. The van der Waals surface area contributed by atoms with Crippen LogP contribution >= 0.6 is 28.1 Å². The smallest absolute Gasteiger partial charge is 0.265 e. The summed E-state index contributed by atoms with van der Waals surface area (Å²) in [7, 11) is 1.54. The number of rotatable bonds is 2. The Labute approximate surface area is 159 Å². The average molecular weight is 418 g/mol. The molecule has 0 unspecified atom stereocenters. The first-order chi connectivity index (χ1) is 11.8. The lowest BCUT2D eigenvalue weighted by Gasteiger charge is -2.25. The molecule has 0 saturated carbocycles. The highest BCUT2D eigenvalue weighted by atomic mass is 79.9. The zero-order valence-electron chi connectivity index (χ0n) is 14.0. The number of nitrogens with zero attached hydrogens (tertiary/aromatic N) is 2. The minimum Gasteiger partial charge on any atom is -0.317 e. The van der Waals surface area contributed by atoms with Gasteiger partial charge >= 0.3 is 0 Å². The molecule has 2 heterocycles. The summed E-state index contributed by atoms with van der Waals surface area (Å²) in [6, 6.07) is 9.85. The zero-order valence-corrected chi connectivity index (χ0v) is 16.4. The molecule has 5 nitrogen and oxygen atoms in total. The van der Waals surface area contributed by atoms with E-state index < -0.39 is 11.8 Å². The van der Waals surface area contributed by atoms with Gasteiger partial charge in [-0.15, -0.1) is 0 Å². The Morgan fingerprint density at radius 1 is 1.20 bits per heavy atom. The van der Waals surface area contributed by atoms with Gasteiger partial charge < -0.3 is 4.57 Å². The van der Waals surface area contributed by atoms with Crippen LogP contribution in [0.15, 0.2) is 40.4 Å². The fraction of sp³-hybridized carbons (Fsp3) is 0.167. The van der Waals surface area contributed by atoms with E-state index in [-0.39, 0.29) is 10.7 Å². The molecule has 1 aliphatic heterocycles. The molecule has 2 aromatic rings. The third kappa shape index (κ3) is 3.05. The van der Waals surface area contributed by atoms with Crippen LogP contribution in [-0.2, 0) is 9.59 Å². The van der Waals surface area contributed by atoms with Gasteiger partial charge in [0.25, 0.3) is 11.8 Å². The molecule has 0 spiro atoms. The van der Waals surface area contributed by atoms with Crippen molar-refractivity contribution < 1.29 is 9.59 Å². The van der Waals surface area contributed by atoms with E-state index in [9.17, 15) is 9.59 Å². The molecule has 7 heteroatoms. The maximum absolute atomic E-state index is 12.4. The molecular weight excluding hydrogens is 402 g/mol. The van der Waals surface area contributed by atoms with Gasteiger partial charge in [-0.3, -0.25) is 19.8 Å². The van der Waals surface area contributed by atoms with Crippen LogP contribution in [0.5, 0.6) is 0 Å². The molecule has 3 rings (SSSR count). The number of hydrogen-bond donors (Lipinski definition) is 1. The Morgan fingerprint density at radius 3 is 2.56 bits per heavy atom. The first-order valence-electron chi connectivity index (χ1n) is 7.60. The fourth-order valence-electron chi connectivity index (χ4n) is 2.84. The van der Waals surface area contributed by atoms with E-state index >= 15 is 0 Å². The molecule has 1 N–H and O–H groups in total. The highest BCUT2D eigenvalue weighted by Gasteiger charge is 2.31. The normalized spacial score (nSPS) is 16.6. The second-order valence-electron chi connectivity index (χ2n) is 5.79. The second-order valence-corrected chi connectivity index (χ2v) is 7.04. The van der Waals surface area contributed by atoms with Crippen molar-refractivity contribution in [3.63, 3.8) is 0 Å². The third-order valence-electron chi connectivity index (χ3n) is 4.17. The van der Waals surface area contributed by atoms with Crippen LogP contribution < -0.4 is 5.32 Å². The number of para-hydroxylation sites is 1. The van der Waals surface area contributed by atoms with E-state index in [1.807, 2.05) is 44.2 Å². The van der Waals surface area contributed by atoms with Gasteiger partial charge in [-0.25, -0.2) is 0 Å². The van der Waals surface area contributed by atoms with E-state index in [0.29, 0.717) is 0 Å². The molecule has 1 saturated heterocycles. The molecular formula is C18H16BrN3O2S. The molecule has 1 aromatic carbocycles. The first-order valence-corrected chi connectivity index (χ1v) is 8.80. The monoisotopic (exact) mass is 417 g/mol. The van der Waals surface area contributed by atoms with Gasteiger partial charge in [0.05, 0.1) is 5.69 Å². The number of aromatic nitrogens is 1. The van der Waals surface area contributed by atoms with Crippen molar-refractivity contribution in [1.82, 2.24) is 14.8 Å². The van der Waals surface area contributed by atoms with E-state index in [2.05, 4.69) is 25.8 Å². The largest absolute Gasteiger partial charge is 0.317 e. The van der Waals surface area contributed by atoms with Gasteiger partial charge in [-0.05, 0) is 71.8 Å². The van der Waals surface area contributed by atoms with E-state index in [1.54, 1.807) is 13.1 Å². The Bertz CT molecular complexity index is 946. The summed E-state index contributed by atoms with van der Waals surface area (Å²) in [6.45, 7) is 3.94. The van der Waals surface area contributed by atoms with E-state index in [0.717, 1.165) is 27.1 Å². The van der Waals surface area contributed by atoms with Crippen molar-refractivity contribution in [3.05, 3.63) is 57.3 Å². The lowest BCUT2D eigenvalue weighted by atomic mass is 10.1. The van der Waals surface area contributed by atoms with Crippen LogP contribution in [0.3, 0.4) is 0 Å². The number of halogens is 1. The molecule has 1 aliphatic rings. The summed E-state index contributed by atoms with van der Waals surface area (Å²) < 4.78 is 3.04. The average Bonchev–Trinajstić information content (AvgIpc) is 2.84. The summed E-state index contributed by atoms with van der Waals surface area (Å²) >= 11 is 8.53. The highest BCUT2D eigenvalue weighted by molar-refractivity contribution is 9.10. The number of hydrogen-bond acceptors (Lipinski definition) is 3. The number of thiocarbonyl (C=S) groups is 1. The Kier molecular flexibility index (Phi) is 4.62. The molecule has 25 heavy (non-hydrogen) atoms. The SMILES string of the molecule is Cc1cc(/C=C2\C(=O)NC(=S)N(C)C2=O)c(C)n1-c1ccccc1Br. The van der Waals surface area contributed by atoms with Crippen LogP contribution in [-0.4, -0.2) is 33.4 Å². The topological polar surface area (TPSA) is 54.3 Å². The third-order valence-corrected chi connectivity index (χ3v) is 5.21. The van der Waals surface area contributed by atoms with Crippen LogP contribution in [0.2, 0.25) is 0 Å². The van der Waals surface area contributed by atoms with Gasteiger partial charge in [0.15, 0.2) is 5.11 Å². The first kappa shape index (κ1) is 17.6. The van der Waals surface area contributed by atoms with Crippen molar-refractivity contribution in [2.45, 2.75) is 13.8 Å². The molecule has 2 amide bonds. The Hall–Kier alpha value is -2.25. The van der Waals surface area contributed by atoms with Crippen molar-refractivity contribution in [3.8, 4) is 5.69 Å². The summed E-state index contributed by atoms with van der Waals surface area (Å²) in [5.74, 6) is -0.877. The van der Waals surface area contributed by atoms with Crippen LogP contribution in [0.1, 0.15) is 17.0 Å². The lowest BCUT2D eigenvalue weighted by Crippen LogP contribution is -2.52. The van der Waals surface area contributed by atoms with Crippen LogP contribution in [0.4, 0.5) is 0 Å². The standard InChI is InChI=1S/C18H16BrN3O2S/c1-10-8-12(9-13-16(23)20-18(25)21(3)17(13)24)11(2)22(10)15-7-5-4-6-14(15)19/h4-9H,1-3H3,(H,20,23,25)/b13-9+. The number of carbonyl (C=O) groups is 2. The number of carbonyl (C=O) groups excluding carboxylic acids is 2. The fourth-order valence-corrected chi connectivity index (χ4v) is 3.48. The molecule has 0 radical (unpaired) electrons. The summed E-state index contributed by atoms with van der Waals surface area (Å²) in [6.07, 6.45) is 1.62. The minimum atomic E-state index is -0.473. The maximum atomic E-state index is 12.4. The second kappa shape index (κ2) is 6.57. The molecule has 1 aromatic heterocycles. The van der Waals surface area contributed by atoms with E-state index in [4.69, 9.17) is 12.2 Å². The minimum absolute atomic E-state index is 0.0727. The van der Waals surface area contributed by atoms with Gasteiger partial charge in [0.1, 0.15) is 5.57 Å². The van der Waals surface area contributed by atoms with Gasteiger partial charge in [0.2, 0.25) is 0 Å². The van der Waals surface area contributed by atoms with Crippen LogP contribution in [0.25, 0.3) is 11.8 Å². The summed E-state index contributed by atoms with van der Waals surface area (Å²) in [5, 5.41) is 2.64. The van der Waals surface area contributed by atoms with Crippen molar-refractivity contribution in [2.24, 2.45) is 0 Å². The number of amides is 2. The Balaban J connectivity index is 2.10. The van der Waals surface area contributed by atoms with Gasteiger partial charge in [0, 0.05) is 22.9 Å². The number of benzene rings is 1. The Morgan fingerprint density at radius 2 is 1.88 bits per heavy atom. The molecule has 0 bridgehead atoms. The van der Waals surface area contributed by atoms with Gasteiger partial charge in [-0.2, -0.15) is 0 Å².